The Morgan fingerprint density at radius 2 is 1.82 bits per heavy atom. The molecular weight excluding hydrogens is 630 g/mol. The molecule has 13 heteroatoms. The fourth-order valence-electron chi connectivity index (χ4n) is 5.89. The molecule has 3 aromatic carbocycles. The number of nitrogens with zero attached hydrogens (tertiary/aromatic N) is 3. The van der Waals surface area contributed by atoms with Crippen molar-refractivity contribution in [3.8, 4) is 16.9 Å². The van der Waals surface area contributed by atoms with Crippen molar-refractivity contribution < 1.29 is 39.0 Å². The number of carbonyl (C=O) groups is 3. The highest BCUT2D eigenvalue weighted by molar-refractivity contribution is 6.02. The monoisotopic (exact) mass is 673 g/mol. The third-order valence-corrected chi connectivity index (χ3v) is 8.24. The molecule has 0 aliphatic carbocycles. The molecule has 1 fully saturated rings. The molecule has 3 aromatic rings. The minimum absolute atomic E-state index is 0.0126. The van der Waals surface area contributed by atoms with E-state index in [2.05, 4.69) is 22.3 Å². The molecule has 1 unspecified atom stereocenters. The fraction of sp³-hybridized carbons (Fsp3) is 0.333. The van der Waals surface area contributed by atoms with Crippen LogP contribution in [0.1, 0.15) is 38.8 Å². The SMILES string of the molecule is C=NC(=O)[C@@H]1C([C@H](C)O)[C@H](CO)ON1Cc1cccc(-c2cc(C(=O)N/C(=C/c3ccccc3)CNC)cc(C(=O)N(C)OC)c2)c1OC. The van der Waals surface area contributed by atoms with Crippen LogP contribution >= 0.6 is 0 Å². The summed E-state index contributed by atoms with van der Waals surface area (Å²) in [5.41, 5.74) is 3.56. The molecule has 4 rings (SSSR count). The van der Waals surface area contributed by atoms with E-state index < -0.39 is 48.5 Å². The maximum Gasteiger partial charge on any atom is 0.277 e. The first-order chi connectivity index (χ1) is 23.6. The zero-order valence-corrected chi connectivity index (χ0v) is 28.3. The Hall–Kier alpha value is -4.76. The molecule has 1 aliphatic rings. The first-order valence-corrected chi connectivity index (χ1v) is 15.6. The minimum atomic E-state index is -1.01. The second-order valence-corrected chi connectivity index (χ2v) is 11.5. The molecular formula is C36H43N5O8. The van der Waals surface area contributed by atoms with E-state index >= 15 is 0 Å². The summed E-state index contributed by atoms with van der Waals surface area (Å²) in [5, 5.41) is 28.9. The Labute approximate surface area is 285 Å². The van der Waals surface area contributed by atoms with E-state index in [9.17, 15) is 24.6 Å². The zero-order chi connectivity index (χ0) is 35.7. The van der Waals surface area contributed by atoms with Gasteiger partial charge in [0.15, 0.2) is 0 Å². The molecule has 1 aliphatic heterocycles. The van der Waals surface area contributed by atoms with Crippen LogP contribution in [-0.4, -0.2) is 104 Å². The normalized spacial score (nSPS) is 18.5. The summed E-state index contributed by atoms with van der Waals surface area (Å²) < 4.78 is 5.88. The fourth-order valence-corrected chi connectivity index (χ4v) is 5.89. The van der Waals surface area contributed by atoms with Crippen LogP contribution in [0.15, 0.2) is 77.4 Å². The lowest BCUT2D eigenvalue weighted by molar-refractivity contribution is -0.180. The summed E-state index contributed by atoms with van der Waals surface area (Å²) in [4.78, 5) is 54.6. The molecule has 0 saturated carbocycles. The number of likely N-dealkylation sites (N-methyl/N-ethyl adjacent to an activating group) is 1. The summed E-state index contributed by atoms with van der Waals surface area (Å²) in [6, 6.07) is 18.7. The van der Waals surface area contributed by atoms with Crippen molar-refractivity contribution >= 4 is 30.5 Å². The van der Waals surface area contributed by atoms with Gasteiger partial charge in [-0.15, -0.1) is 0 Å². The predicted molar refractivity (Wildman–Crippen MR) is 184 cm³/mol. The number of carbonyl (C=O) groups excluding carboxylic acids is 3. The lowest BCUT2D eigenvalue weighted by Crippen LogP contribution is -2.43. The smallest absolute Gasteiger partial charge is 0.277 e. The van der Waals surface area contributed by atoms with Gasteiger partial charge in [-0.05, 0) is 56.1 Å². The van der Waals surface area contributed by atoms with E-state index in [-0.39, 0.29) is 17.7 Å². The molecule has 0 spiro atoms. The van der Waals surface area contributed by atoms with Gasteiger partial charge in [-0.3, -0.25) is 24.1 Å². The van der Waals surface area contributed by atoms with Crippen LogP contribution in [-0.2, 0) is 21.0 Å². The van der Waals surface area contributed by atoms with Crippen molar-refractivity contribution in [3.63, 3.8) is 0 Å². The van der Waals surface area contributed by atoms with Gasteiger partial charge < -0.3 is 25.6 Å². The maximum absolute atomic E-state index is 13.8. The summed E-state index contributed by atoms with van der Waals surface area (Å²) >= 11 is 0. The van der Waals surface area contributed by atoms with Gasteiger partial charge in [0.2, 0.25) is 0 Å². The Balaban J connectivity index is 1.78. The molecule has 1 saturated heterocycles. The first-order valence-electron chi connectivity index (χ1n) is 15.6. The molecule has 4 N–H and O–H groups in total. The van der Waals surface area contributed by atoms with E-state index in [1.165, 1.54) is 39.3 Å². The number of rotatable bonds is 14. The highest BCUT2D eigenvalue weighted by Gasteiger charge is 2.49. The predicted octanol–water partition coefficient (Wildman–Crippen LogP) is 2.69. The summed E-state index contributed by atoms with van der Waals surface area (Å²) in [6.45, 7) is 4.85. The van der Waals surface area contributed by atoms with Crippen molar-refractivity contribution in [2.24, 2.45) is 10.9 Å². The standard InChI is InChI=1S/C36H43N5O8/c1-22(43)31-30(21-42)49-41(32(31)35(45)38-3)20-24-13-10-14-29(33(24)47-5)25-16-26(18-27(17-25)36(46)40(4)48-6)34(44)39-28(19-37-2)15-23-11-8-7-9-12-23/h7-18,22,30-32,37,42-43H,3,19-21H2,1-2,4-6H3,(H,39,44)/b28-15+/t22-,30-,31?,32-/m0/s1. The third kappa shape index (κ3) is 8.64. The van der Waals surface area contributed by atoms with Crippen molar-refractivity contribution in [2.45, 2.75) is 31.7 Å². The zero-order valence-electron chi connectivity index (χ0n) is 28.3. The second-order valence-electron chi connectivity index (χ2n) is 11.5. The van der Waals surface area contributed by atoms with Crippen LogP contribution in [0.2, 0.25) is 0 Å². The van der Waals surface area contributed by atoms with Crippen LogP contribution in [0.25, 0.3) is 17.2 Å². The maximum atomic E-state index is 13.8. The Morgan fingerprint density at radius 1 is 1.10 bits per heavy atom. The van der Waals surface area contributed by atoms with Gasteiger partial charge in [0.1, 0.15) is 17.9 Å². The topological polar surface area (TPSA) is 162 Å². The quantitative estimate of drug-likeness (QED) is 0.148. The average molecular weight is 674 g/mol. The van der Waals surface area contributed by atoms with Gasteiger partial charge >= 0.3 is 0 Å². The molecule has 13 nitrogen and oxygen atoms in total. The Bertz CT molecular complexity index is 1680. The van der Waals surface area contributed by atoms with E-state index in [1.54, 1.807) is 37.4 Å². The van der Waals surface area contributed by atoms with Gasteiger partial charge in [0, 0.05) is 47.5 Å². The number of aliphatic hydroxyl groups excluding tert-OH is 2. The minimum Gasteiger partial charge on any atom is -0.496 e. The van der Waals surface area contributed by atoms with Crippen molar-refractivity contribution in [2.75, 3.05) is 41.5 Å². The number of hydrogen-bond donors (Lipinski definition) is 4. The lowest BCUT2D eigenvalue weighted by atomic mass is 9.89. The highest BCUT2D eigenvalue weighted by Crippen LogP contribution is 2.38. The van der Waals surface area contributed by atoms with Crippen LogP contribution < -0.4 is 15.4 Å². The van der Waals surface area contributed by atoms with E-state index in [0.717, 1.165) is 10.6 Å². The number of aliphatic imine (C=N–C) groups is 1. The lowest BCUT2D eigenvalue weighted by Gasteiger charge is -2.25. The molecule has 1 heterocycles. The molecule has 260 valence electrons. The number of amides is 3. The highest BCUT2D eigenvalue weighted by atomic mass is 16.7. The first kappa shape index (κ1) is 37.1. The summed E-state index contributed by atoms with van der Waals surface area (Å²) in [5.74, 6) is -1.90. The summed E-state index contributed by atoms with van der Waals surface area (Å²) in [7, 11) is 6.09. The van der Waals surface area contributed by atoms with Crippen LogP contribution in [0.4, 0.5) is 0 Å². The molecule has 49 heavy (non-hydrogen) atoms. The number of aliphatic hydroxyl groups is 2. The van der Waals surface area contributed by atoms with Gasteiger partial charge in [-0.25, -0.2) is 10.1 Å². The number of para-hydroxylation sites is 1. The van der Waals surface area contributed by atoms with Crippen molar-refractivity contribution in [3.05, 3.63) is 94.7 Å². The Kier molecular flexibility index (Phi) is 12.9. The van der Waals surface area contributed by atoms with Gasteiger partial charge in [-0.1, -0.05) is 48.5 Å². The second kappa shape index (κ2) is 17.1. The van der Waals surface area contributed by atoms with Crippen molar-refractivity contribution in [1.29, 1.82) is 0 Å². The molecule has 3 amide bonds. The molecule has 0 radical (unpaired) electrons. The van der Waals surface area contributed by atoms with Gasteiger partial charge in [-0.2, -0.15) is 5.06 Å². The number of methoxy groups -OCH3 is 1. The van der Waals surface area contributed by atoms with E-state index in [1.807, 2.05) is 36.4 Å². The number of benzene rings is 3. The molecule has 0 bridgehead atoms. The van der Waals surface area contributed by atoms with E-state index in [4.69, 9.17) is 14.4 Å². The number of hydroxylamine groups is 4. The van der Waals surface area contributed by atoms with Gasteiger partial charge in [0.25, 0.3) is 17.7 Å². The average Bonchev–Trinajstić information content (AvgIpc) is 3.49. The number of hydrogen-bond acceptors (Lipinski definition) is 10. The molecule has 0 aromatic heterocycles. The van der Waals surface area contributed by atoms with E-state index in [0.29, 0.717) is 34.7 Å². The number of nitrogens with one attached hydrogen (secondary N) is 2. The van der Waals surface area contributed by atoms with Crippen LogP contribution in [0.3, 0.4) is 0 Å². The van der Waals surface area contributed by atoms with Gasteiger partial charge in [0.05, 0.1) is 33.5 Å². The van der Waals surface area contributed by atoms with Crippen molar-refractivity contribution in [1.82, 2.24) is 20.8 Å². The molecule has 4 atom stereocenters. The van der Waals surface area contributed by atoms with Crippen LogP contribution in [0, 0.1) is 5.92 Å². The third-order valence-electron chi connectivity index (χ3n) is 8.24. The largest absolute Gasteiger partial charge is 0.496 e. The summed E-state index contributed by atoms with van der Waals surface area (Å²) in [6.07, 6.45) is 0.0201. The number of ether oxygens (including phenoxy) is 1. The Morgan fingerprint density at radius 3 is 2.43 bits per heavy atom. The van der Waals surface area contributed by atoms with Crippen LogP contribution in [0.5, 0.6) is 5.75 Å².